The lowest BCUT2D eigenvalue weighted by atomic mass is 9.76. The van der Waals surface area contributed by atoms with Gasteiger partial charge in [-0.2, -0.15) is 0 Å². The van der Waals surface area contributed by atoms with Crippen LogP contribution in [0.4, 0.5) is 4.39 Å². The predicted octanol–water partition coefficient (Wildman–Crippen LogP) is 2.76. The zero-order chi connectivity index (χ0) is 9.84. The molecule has 2 heteroatoms. The number of hydrogen-bond donors (Lipinski definition) is 1. The summed E-state index contributed by atoms with van der Waals surface area (Å²) in [6.07, 6.45) is 2.04. The number of alkyl halides is 1. The molecular formula is C11H22FN. The van der Waals surface area contributed by atoms with E-state index in [4.69, 9.17) is 0 Å². The number of nitrogens with one attached hydrogen (secondary N) is 1. The van der Waals surface area contributed by atoms with Crippen molar-refractivity contribution in [3.8, 4) is 0 Å². The highest BCUT2D eigenvalue weighted by Crippen LogP contribution is 2.33. The first-order valence-electron chi connectivity index (χ1n) is 5.52. The zero-order valence-corrected chi connectivity index (χ0v) is 9.02. The molecular weight excluding hydrogens is 165 g/mol. The summed E-state index contributed by atoms with van der Waals surface area (Å²) in [6, 6.07) is 0.549. The van der Waals surface area contributed by atoms with E-state index in [0.717, 1.165) is 25.8 Å². The van der Waals surface area contributed by atoms with Crippen molar-refractivity contribution in [2.45, 2.75) is 52.2 Å². The van der Waals surface area contributed by atoms with Crippen molar-refractivity contribution in [2.75, 3.05) is 6.54 Å². The van der Waals surface area contributed by atoms with Gasteiger partial charge >= 0.3 is 0 Å². The van der Waals surface area contributed by atoms with Gasteiger partial charge in [0.25, 0.3) is 0 Å². The van der Waals surface area contributed by atoms with E-state index < -0.39 is 6.17 Å². The molecule has 0 aromatic carbocycles. The Morgan fingerprint density at radius 3 is 2.69 bits per heavy atom. The predicted molar refractivity (Wildman–Crippen MR) is 54.5 cm³/mol. The molecule has 1 aliphatic carbocycles. The van der Waals surface area contributed by atoms with E-state index >= 15 is 0 Å². The van der Waals surface area contributed by atoms with Crippen LogP contribution in [0.15, 0.2) is 0 Å². The standard InChI is InChI=1S/C11H22FN/c1-4-13-9(3)11-6-5-10(12)7-8(11)2/h8-11,13H,4-7H2,1-3H3. The van der Waals surface area contributed by atoms with Gasteiger partial charge in [-0.1, -0.05) is 13.8 Å². The molecule has 13 heavy (non-hydrogen) atoms. The lowest BCUT2D eigenvalue weighted by Gasteiger charge is -2.35. The second-order valence-corrected chi connectivity index (χ2v) is 4.40. The second kappa shape index (κ2) is 4.94. The highest BCUT2D eigenvalue weighted by atomic mass is 19.1. The molecule has 0 amide bonds. The molecule has 4 unspecified atom stereocenters. The number of halogens is 1. The van der Waals surface area contributed by atoms with Gasteiger partial charge in [0.1, 0.15) is 6.17 Å². The Morgan fingerprint density at radius 2 is 2.15 bits per heavy atom. The zero-order valence-electron chi connectivity index (χ0n) is 9.02. The van der Waals surface area contributed by atoms with Crippen molar-refractivity contribution in [3.05, 3.63) is 0 Å². The Balaban J connectivity index is 2.40. The van der Waals surface area contributed by atoms with Crippen LogP contribution in [0.3, 0.4) is 0 Å². The lowest BCUT2D eigenvalue weighted by Crippen LogP contribution is -2.39. The normalized spacial score (nSPS) is 37.4. The monoisotopic (exact) mass is 187 g/mol. The first-order chi connectivity index (χ1) is 6.15. The van der Waals surface area contributed by atoms with E-state index in [1.807, 2.05) is 0 Å². The third-order valence-corrected chi connectivity index (χ3v) is 3.34. The second-order valence-electron chi connectivity index (χ2n) is 4.40. The van der Waals surface area contributed by atoms with Crippen LogP contribution in [0.5, 0.6) is 0 Å². The minimum atomic E-state index is -0.542. The third kappa shape index (κ3) is 2.94. The molecule has 0 bridgehead atoms. The summed E-state index contributed by atoms with van der Waals surface area (Å²) in [6.45, 7) is 7.55. The molecule has 0 heterocycles. The Morgan fingerprint density at radius 1 is 1.46 bits per heavy atom. The summed E-state index contributed by atoms with van der Waals surface area (Å²) < 4.78 is 13.0. The summed E-state index contributed by atoms with van der Waals surface area (Å²) in [5.74, 6) is 1.21. The first-order valence-corrected chi connectivity index (χ1v) is 5.52. The highest BCUT2D eigenvalue weighted by molar-refractivity contribution is 4.83. The largest absolute Gasteiger partial charge is 0.314 e. The van der Waals surface area contributed by atoms with Crippen molar-refractivity contribution in [2.24, 2.45) is 11.8 Å². The molecule has 1 saturated carbocycles. The average Bonchev–Trinajstić information content (AvgIpc) is 2.04. The van der Waals surface area contributed by atoms with Crippen molar-refractivity contribution in [1.29, 1.82) is 0 Å². The minimum absolute atomic E-state index is 0.540. The number of hydrogen-bond acceptors (Lipinski definition) is 1. The van der Waals surface area contributed by atoms with E-state index in [0.29, 0.717) is 17.9 Å². The van der Waals surface area contributed by atoms with Gasteiger partial charge in [-0.05, 0) is 44.6 Å². The van der Waals surface area contributed by atoms with Crippen LogP contribution in [0.1, 0.15) is 40.0 Å². The molecule has 0 aromatic heterocycles. The van der Waals surface area contributed by atoms with Crippen molar-refractivity contribution < 1.29 is 4.39 Å². The van der Waals surface area contributed by atoms with Crippen LogP contribution in [-0.4, -0.2) is 18.8 Å². The Hall–Kier alpha value is -0.110. The quantitative estimate of drug-likeness (QED) is 0.716. The van der Waals surface area contributed by atoms with Crippen LogP contribution in [0.2, 0.25) is 0 Å². The molecule has 0 saturated heterocycles. The van der Waals surface area contributed by atoms with Gasteiger partial charge in [0.05, 0.1) is 0 Å². The van der Waals surface area contributed by atoms with Gasteiger partial charge in [-0.3, -0.25) is 0 Å². The SMILES string of the molecule is CCNC(C)C1CCC(F)CC1C. The molecule has 0 aromatic rings. The minimum Gasteiger partial charge on any atom is -0.314 e. The molecule has 1 aliphatic rings. The van der Waals surface area contributed by atoms with Gasteiger partial charge in [0.2, 0.25) is 0 Å². The van der Waals surface area contributed by atoms with Crippen LogP contribution in [0.25, 0.3) is 0 Å². The fraction of sp³-hybridized carbons (Fsp3) is 1.00. The molecule has 1 fully saturated rings. The third-order valence-electron chi connectivity index (χ3n) is 3.34. The first kappa shape index (κ1) is 11.0. The summed E-state index contributed by atoms with van der Waals surface area (Å²) in [4.78, 5) is 0. The fourth-order valence-corrected chi connectivity index (χ4v) is 2.57. The van der Waals surface area contributed by atoms with Gasteiger partial charge in [0, 0.05) is 6.04 Å². The summed E-state index contributed by atoms with van der Waals surface area (Å²) in [7, 11) is 0. The van der Waals surface area contributed by atoms with E-state index in [9.17, 15) is 4.39 Å². The molecule has 1 nitrogen and oxygen atoms in total. The van der Waals surface area contributed by atoms with Crippen LogP contribution >= 0.6 is 0 Å². The maximum atomic E-state index is 13.0. The highest BCUT2D eigenvalue weighted by Gasteiger charge is 2.30. The van der Waals surface area contributed by atoms with Crippen molar-refractivity contribution in [1.82, 2.24) is 5.32 Å². The molecule has 1 rings (SSSR count). The smallest absolute Gasteiger partial charge is 0.100 e. The Bertz CT molecular complexity index is 145. The van der Waals surface area contributed by atoms with Gasteiger partial charge < -0.3 is 5.32 Å². The lowest BCUT2D eigenvalue weighted by molar-refractivity contribution is 0.127. The molecule has 0 spiro atoms. The van der Waals surface area contributed by atoms with E-state index in [1.165, 1.54) is 0 Å². The maximum absolute atomic E-state index is 13.0. The van der Waals surface area contributed by atoms with E-state index in [-0.39, 0.29) is 0 Å². The molecule has 1 N–H and O–H groups in total. The van der Waals surface area contributed by atoms with Gasteiger partial charge in [-0.15, -0.1) is 0 Å². The van der Waals surface area contributed by atoms with Gasteiger partial charge in [-0.25, -0.2) is 4.39 Å². The number of rotatable bonds is 3. The molecule has 0 aliphatic heterocycles. The summed E-state index contributed by atoms with van der Waals surface area (Å²) in [5.41, 5.74) is 0. The molecule has 0 radical (unpaired) electrons. The van der Waals surface area contributed by atoms with Crippen molar-refractivity contribution >= 4 is 0 Å². The van der Waals surface area contributed by atoms with E-state index in [1.54, 1.807) is 0 Å². The van der Waals surface area contributed by atoms with Gasteiger partial charge in [0.15, 0.2) is 0 Å². The summed E-state index contributed by atoms with van der Waals surface area (Å²) in [5, 5.41) is 3.44. The average molecular weight is 187 g/mol. The summed E-state index contributed by atoms with van der Waals surface area (Å²) >= 11 is 0. The van der Waals surface area contributed by atoms with Crippen LogP contribution < -0.4 is 5.32 Å². The van der Waals surface area contributed by atoms with Crippen LogP contribution in [-0.2, 0) is 0 Å². The van der Waals surface area contributed by atoms with E-state index in [2.05, 4.69) is 26.1 Å². The van der Waals surface area contributed by atoms with Crippen LogP contribution in [0, 0.1) is 11.8 Å². The van der Waals surface area contributed by atoms with Crippen molar-refractivity contribution in [3.63, 3.8) is 0 Å². The Labute approximate surface area is 81.1 Å². The molecule has 4 atom stereocenters. The fourth-order valence-electron chi connectivity index (χ4n) is 2.57. The Kier molecular flexibility index (Phi) is 4.17. The maximum Gasteiger partial charge on any atom is 0.100 e. The molecule has 78 valence electrons. The topological polar surface area (TPSA) is 12.0 Å².